The predicted molar refractivity (Wildman–Crippen MR) is 157 cm³/mol. The maximum absolute atomic E-state index is 12.5. The zero-order chi connectivity index (χ0) is 28.7. The van der Waals surface area contributed by atoms with Gasteiger partial charge in [0.15, 0.2) is 0 Å². The summed E-state index contributed by atoms with van der Waals surface area (Å²) in [6.45, 7) is 12.4. The lowest BCUT2D eigenvalue weighted by molar-refractivity contribution is -0.384. The molecule has 0 amide bonds. The normalized spacial score (nSPS) is 35.6. The molecular weight excluding hydrogens is 502 g/mol. The molecule has 6 nitrogen and oxygen atoms in total. The number of ether oxygens (including phenoxy) is 2. The van der Waals surface area contributed by atoms with Gasteiger partial charge in [-0.05, 0) is 97.3 Å². The third-order valence-corrected chi connectivity index (χ3v) is 11.8. The molecule has 0 bridgehead atoms. The summed E-state index contributed by atoms with van der Waals surface area (Å²) in [6, 6.07) is 5.66. The minimum atomic E-state index is -0.781. The molecule has 0 N–H and O–H groups in total. The van der Waals surface area contributed by atoms with Crippen LogP contribution in [0.25, 0.3) is 0 Å². The van der Waals surface area contributed by atoms with E-state index in [1.807, 2.05) is 0 Å². The summed E-state index contributed by atoms with van der Waals surface area (Å²) in [5, 5.41) is 11.0. The fraction of sp³-hybridized carbons (Fsp3) is 0.735. The molecule has 4 aliphatic carbocycles. The Hall–Kier alpha value is -2.37. The highest BCUT2D eigenvalue weighted by Crippen LogP contribution is 2.67. The molecule has 0 aliphatic heterocycles. The molecule has 0 spiro atoms. The molecule has 0 heterocycles. The first-order chi connectivity index (χ1) is 19.0. The number of allylic oxidation sites excluding steroid dienone is 1. The molecule has 0 unspecified atom stereocenters. The smallest absolute Gasteiger partial charge is 0.430 e. The fourth-order valence-corrected chi connectivity index (χ4v) is 9.67. The van der Waals surface area contributed by atoms with Crippen LogP contribution >= 0.6 is 0 Å². The van der Waals surface area contributed by atoms with Crippen molar-refractivity contribution >= 4 is 11.8 Å². The molecule has 3 fully saturated rings. The number of nitro groups is 1. The number of fused-ring (bicyclic) bond motifs is 5. The zero-order valence-corrected chi connectivity index (χ0v) is 25.2. The maximum Gasteiger partial charge on any atom is 0.514 e. The van der Waals surface area contributed by atoms with Crippen LogP contribution in [0.3, 0.4) is 0 Å². The summed E-state index contributed by atoms with van der Waals surface area (Å²) in [5.41, 5.74) is 2.03. The van der Waals surface area contributed by atoms with Crippen LogP contribution < -0.4 is 4.74 Å². The Labute approximate surface area is 240 Å². The lowest BCUT2D eigenvalue weighted by Crippen LogP contribution is -2.51. The summed E-state index contributed by atoms with van der Waals surface area (Å²) in [6.07, 6.45) is 14.9. The van der Waals surface area contributed by atoms with E-state index in [1.165, 1.54) is 74.8 Å². The number of non-ortho nitro benzene ring substituents is 1. The molecule has 0 saturated heterocycles. The van der Waals surface area contributed by atoms with Gasteiger partial charge >= 0.3 is 6.16 Å². The minimum absolute atomic E-state index is 0.113. The van der Waals surface area contributed by atoms with Gasteiger partial charge in [-0.2, -0.15) is 0 Å². The van der Waals surface area contributed by atoms with Crippen molar-refractivity contribution in [1.29, 1.82) is 0 Å². The van der Waals surface area contributed by atoms with E-state index in [2.05, 4.69) is 40.7 Å². The van der Waals surface area contributed by atoms with Crippen LogP contribution in [0.1, 0.15) is 105 Å². The van der Waals surface area contributed by atoms with Crippen LogP contribution in [-0.4, -0.2) is 17.2 Å². The van der Waals surface area contributed by atoms with Gasteiger partial charge in [-0.15, -0.1) is 0 Å². The summed E-state index contributed by atoms with van der Waals surface area (Å²) < 4.78 is 11.0. The summed E-state index contributed by atoms with van der Waals surface area (Å²) in [7, 11) is 0. The summed E-state index contributed by atoms with van der Waals surface area (Å²) in [5.74, 6) is 4.95. The first kappa shape index (κ1) is 29.1. The van der Waals surface area contributed by atoms with Crippen molar-refractivity contribution < 1.29 is 19.2 Å². The molecule has 6 heteroatoms. The van der Waals surface area contributed by atoms with Crippen molar-refractivity contribution in [2.75, 3.05) is 0 Å². The minimum Gasteiger partial charge on any atom is -0.430 e. The number of hydrogen-bond acceptors (Lipinski definition) is 5. The van der Waals surface area contributed by atoms with Crippen molar-refractivity contribution in [3.05, 3.63) is 46.0 Å². The number of benzene rings is 1. The van der Waals surface area contributed by atoms with Crippen molar-refractivity contribution in [3.8, 4) is 5.75 Å². The van der Waals surface area contributed by atoms with Crippen LogP contribution in [0.2, 0.25) is 0 Å². The molecule has 40 heavy (non-hydrogen) atoms. The second-order valence-corrected chi connectivity index (χ2v) is 14.4. The van der Waals surface area contributed by atoms with Crippen molar-refractivity contribution in [2.45, 2.75) is 111 Å². The average molecular weight is 552 g/mol. The number of nitrogens with zero attached hydrogens (tertiary/aromatic N) is 1. The number of carbonyl (C=O) groups excluding carboxylic acids is 1. The molecule has 0 aromatic heterocycles. The summed E-state index contributed by atoms with van der Waals surface area (Å²) >= 11 is 0. The zero-order valence-electron chi connectivity index (χ0n) is 25.2. The third kappa shape index (κ3) is 5.56. The SMILES string of the molecule is CC(C)CCC[C@H](C)[C@@H]1CC[C@@H]2[C@H]3CC=C4C[C@@H](OC(=O)Oc5cccc([N+](=O)[O-])c5)CC[C@]4(C)[C@@H]3CC[C@@]21C. The highest BCUT2D eigenvalue weighted by atomic mass is 16.7. The van der Waals surface area contributed by atoms with Crippen LogP contribution in [-0.2, 0) is 4.74 Å². The van der Waals surface area contributed by atoms with Gasteiger partial charge < -0.3 is 9.47 Å². The van der Waals surface area contributed by atoms with E-state index in [1.54, 1.807) is 0 Å². The van der Waals surface area contributed by atoms with E-state index in [0.717, 1.165) is 61.2 Å². The van der Waals surface area contributed by atoms with Gasteiger partial charge in [0.25, 0.3) is 5.69 Å². The molecule has 220 valence electrons. The summed E-state index contributed by atoms with van der Waals surface area (Å²) in [4.78, 5) is 23.1. The highest BCUT2D eigenvalue weighted by molar-refractivity contribution is 5.64. The second-order valence-electron chi connectivity index (χ2n) is 14.4. The molecule has 1 aromatic rings. The maximum atomic E-state index is 12.5. The number of nitro benzene ring substituents is 1. The first-order valence-electron chi connectivity index (χ1n) is 15.8. The largest absolute Gasteiger partial charge is 0.514 e. The van der Waals surface area contributed by atoms with E-state index in [9.17, 15) is 14.9 Å². The number of rotatable bonds is 8. The van der Waals surface area contributed by atoms with Crippen LogP contribution in [0.5, 0.6) is 5.75 Å². The lowest BCUT2D eigenvalue weighted by atomic mass is 9.47. The van der Waals surface area contributed by atoms with E-state index in [-0.39, 0.29) is 23.0 Å². The highest BCUT2D eigenvalue weighted by Gasteiger charge is 2.59. The topological polar surface area (TPSA) is 78.7 Å². The van der Waals surface area contributed by atoms with Gasteiger partial charge in [-0.25, -0.2) is 4.79 Å². The van der Waals surface area contributed by atoms with Gasteiger partial charge in [-0.1, -0.05) is 71.6 Å². The standard InChI is InChI=1S/C34H49NO5/c1-22(2)8-6-9-23(3)29-14-15-30-28-13-12-24-20-27(16-18-33(24,4)31(28)17-19-34(29,30)5)40-32(36)39-26-11-7-10-25(21-26)35(37)38/h7,10-12,21-23,27-31H,6,8-9,13-20H2,1-5H3/t23-,27-,28+,29-,30+,31+,33-,34+/m0/s1. The molecule has 8 atom stereocenters. The van der Waals surface area contributed by atoms with Crippen molar-refractivity contribution in [2.24, 2.45) is 46.3 Å². The van der Waals surface area contributed by atoms with Crippen LogP contribution in [0.4, 0.5) is 10.5 Å². The Morgan fingerprint density at radius 1 is 1.07 bits per heavy atom. The van der Waals surface area contributed by atoms with E-state index in [0.29, 0.717) is 5.41 Å². The van der Waals surface area contributed by atoms with Crippen molar-refractivity contribution in [1.82, 2.24) is 0 Å². The van der Waals surface area contributed by atoms with Gasteiger partial charge in [0.2, 0.25) is 0 Å². The lowest BCUT2D eigenvalue weighted by Gasteiger charge is -2.58. The van der Waals surface area contributed by atoms with Gasteiger partial charge in [0, 0.05) is 12.5 Å². The van der Waals surface area contributed by atoms with Gasteiger partial charge in [0.05, 0.1) is 11.0 Å². The van der Waals surface area contributed by atoms with Crippen LogP contribution in [0.15, 0.2) is 35.9 Å². The molecule has 3 saturated carbocycles. The predicted octanol–water partition coefficient (Wildman–Crippen LogP) is 9.52. The van der Waals surface area contributed by atoms with Crippen LogP contribution in [0, 0.1) is 56.5 Å². The quantitative estimate of drug-likeness (QED) is 0.106. The molecule has 1 aromatic carbocycles. The van der Waals surface area contributed by atoms with E-state index >= 15 is 0 Å². The Kier molecular flexibility index (Phi) is 8.37. The van der Waals surface area contributed by atoms with E-state index < -0.39 is 11.1 Å². The molecule has 4 aliphatic rings. The Balaban J connectivity index is 1.21. The molecule has 0 radical (unpaired) electrons. The first-order valence-corrected chi connectivity index (χ1v) is 15.8. The Morgan fingerprint density at radius 3 is 2.62 bits per heavy atom. The van der Waals surface area contributed by atoms with E-state index in [4.69, 9.17) is 9.47 Å². The van der Waals surface area contributed by atoms with Gasteiger partial charge in [-0.3, -0.25) is 10.1 Å². The Morgan fingerprint density at radius 2 is 1.88 bits per heavy atom. The number of carbonyl (C=O) groups is 1. The van der Waals surface area contributed by atoms with Crippen molar-refractivity contribution in [3.63, 3.8) is 0 Å². The fourth-order valence-electron chi connectivity index (χ4n) is 9.67. The average Bonchev–Trinajstić information content (AvgIpc) is 3.26. The third-order valence-electron chi connectivity index (χ3n) is 11.8. The molecule has 5 rings (SSSR count). The Bertz CT molecular complexity index is 1130. The number of hydrogen-bond donors (Lipinski definition) is 0. The monoisotopic (exact) mass is 551 g/mol. The molecular formula is C34H49NO5. The second kappa shape index (κ2) is 11.5. The van der Waals surface area contributed by atoms with Gasteiger partial charge in [0.1, 0.15) is 11.9 Å².